The van der Waals surface area contributed by atoms with E-state index in [2.05, 4.69) is 24.5 Å². The third-order valence-electron chi connectivity index (χ3n) is 3.57. The molecule has 1 heterocycles. The van der Waals surface area contributed by atoms with Gasteiger partial charge >= 0.3 is 6.09 Å². The Kier molecular flexibility index (Phi) is 5.89. The SMILES string of the molecule is C=CCOC(=O)NC1CCN(C(=O)c2ccccc2S)CC1. The molecule has 5 nitrogen and oxygen atoms in total. The van der Waals surface area contributed by atoms with Crippen LogP contribution in [-0.4, -0.2) is 42.6 Å². The lowest BCUT2D eigenvalue weighted by atomic mass is 10.0. The van der Waals surface area contributed by atoms with Crippen LogP contribution in [0.3, 0.4) is 0 Å². The smallest absolute Gasteiger partial charge is 0.407 e. The van der Waals surface area contributed by atoms with Gasteiger partial charge in [0.15, 0.2) is 0 Å². The number of hydrogen-bond acceptors (Lipinski definition) is 4. The average molecular weight is 320 g/mol. The van der Waals surface area contributed by atoms with E-state index in [1.165, 1.54) is 6.08 Å². The standard InChI is InChI=1S/C16H20N2O3S/c1-2-11-21-16(20)17-12-7-9-18(10-8-12)15(19)13-5-3-4-6-14(13)22/h2-6,12,22H,1,7-11H2,(H,17,20). The molecule has 22 heavy (non-hydrogen) atoms. The second-order valence-corrected chi connectivity index (χ2v) is 5.60. The molecule has 6 heteroatoms. The van der Waals surface area contributed by atoms with E-state index in [0.717, 1.165) is 0 Å². The maximum absolute atomic E-state index is 12.4. The quantitative estimate of drug-likeness (QED) is 0.662. The lowest BCUT2D eigenvalue weighted by Crippen LogP contribution is -2.46. The van der Waals surface area contributed by atoms with Gasteiger partial charge in [0.25, 0.3) is 5.91 Å². The van der Waals surface area contributed by atoms with E-state index < -0.39 is 6.09 Å². The normalized spacial score (nSPS) is 15.2. The molecule has 0 unspecified atom stereocenters. The fraction of sp³-hybridized carbons (Fsp3) is 0.375. The van der Waals surface area contributed by atoms with Crippen molar-refractivity contribution in [3.63, 3.8) is 0 Å². The van der Waals surface area contributed by atoms with Gasteiger partial charge in [0.1, 0.15) is 6.61 Å². The lowest BCUT2D eigenvalue weighted by Gasteiger charge is -2.32. The van der Waals surface area contributed by atoms with E-state index in [-0.39, 0.29) is 18.6 Å². The molecule has 2 rings (SSSR count). The zero-order valence-corrected chi connectivity index (χ0v) is 13.2. The molecule has 0 bridgehead atoms. The number of thiol groups is 1. The van der Waals surface area contributed by atoms with Crippen molar-refractivity contribution in [3.05, 3.63) is 42.5 Å². The third kappa shape index (κ3) is 4.27. The Bertz CT molecular complexity index is 554. The van der Waals surface area contributed by atoms with Gasteiger partial charge in [-0.15, -0.1) is 12.6 Å². The van der Waals surface area contributed by atoms with Gasteiger partial charge in [0.05, 0.1) is 5.56 Å². The van der Waals surface area contributed by atoms with E-state index in [1.54, 1.807) is 17.0 Å². The zero-order chi connectivity index (χ0) is 15.9. The Hall–Kier alpha value is -1.95. The van der Waals surface area contributed by atoms with E-state index in [0.29, 0.717) is 36.4 Å². The van der Waals surface area contributed by atoms with E-state index in [9.17, 15) is 9.59 Å². The monoisotopic (exact) mass is 320 g/mol. The van der Waals surface area contributed by atoms with Crippen LogP contribution in [0, 0.1) is 0 Å². The number of ether oxygens (including phenoxy) is 1. The van der Waals surface area contributed by atoms with Gasteiger partial charge in [-0.05, 0) is 25.0 Å². The van der Waals surface area contributed by atoms with Crippen molar-refractivity contribution in [2.24, 2.45) is 0 Å². The summed E-state index contributed by atoms with van der Waals surface area (Å²) in [5.41, 5.74) is 0.614. The van der Waals surface area contributed by atoms with Crippen molar-refractivity contribution in [1.82, 2.24) is 10.2 Å². The van der Waals surface area contributed by atoms with Crippen LogP contribution in [-0.2, 0) is 4.74 Å². The fourth-order valence-electron chi connectivity index (χ4n) is 2.39. The summed E-state index contributed by atoms with van der Waals surface area (Å²) in [6, 6.07) is 7.30. The van der Waals surface area contributed by atoms with Crippen LogP contribution in [0.25, 0.3) is 0 Å². The summed E-state index contributed by atoms with van der Waals surface area (Å²) in [4.78, 5) is 26.4. The first kappa shape index (κ1) is 16.4. The van der Waals surface area contributed by atoms with Crippen LogP contribution in [0.15, 0.2) is 41.8 Å². The summed E-state index contributed by atoms with van der Waals surface area (Å²) < 4.78 is 4.89. The Morgan fingerprint density at radius 1 is 1.36 bits per heavy atom. The van der Waals surface area contributed by atoms with Crippen LogP contribution in [0.4, 0.5) is 4.79 Å². The van der Waals surface area contributed by atoms with Gasteiger partial charge in [0.2, 0.25) is 0 Å². The number of amides is 2. The largest absolute Gasteiger partial charge is 0.445 e. The first-order valence-electron chi connectivity index (χ1n) is 7.23. The van der Waals surface area contributed by atoms with E-state index in [1.807, 2.05) is 12.1 Å². The van der Waals surface area contributed by atoms with Gasteiger partial charge in [-0.3, -0.25) is 4.79 Å². The molecule has 1 fully saturated rings. The topological polar surface area (TPSA) is 58.6 Å². The molecule has 1 saturated heterocycles. The minimum atomic E-state index is -0.439. The Morgan fingerprint density at radius 2 is 2.05 bits per heavy atom. The predicted molar refractivity (Wildman–Crippen MR) is 87.3 cm³/mol. The highest BCUT2D eigenvalue weighted by Crippen LogP contribution is 2.18. The molecule has 0 atom stereocenters. The van der Waals surface area contributed by atoms with Crippen LogP contribution in [0.2, 0.25) is 0 Å². The predicted octanol–water partition coefficient (Wildman–Crippen LogP) is 2.49. The molecule has 1 aromatic rings. The van der Waals surface area contributed by atoms with Crippen molar-refractivity contribution in [2.75, 3.05) is 19.7 Å². The van der Waals surface area contributed by atoms with Gasteiger partial charge in [0, 0.05) is 24.0 Å². The number of hydrogen-bond donors (Lipinski definition) is 2. The number of carbonyl (C=O) groups excluding carboxylic acids is 2. The third-order valence-corrected chi connectivity index (χ3v) is 3.96. The van der Waals surface area contributed by atoms with Crippen LogP contribution < -0.4 is 5.32 Å². The number of benzene rings is 1. The van der Waals surface area contributed by atoms with Gasteiger partial charge < -0.3 is 15.0 Å². The van der Waals surface area contributed by atoms with Crippen molar-refractivity contribution < 1.29 is 14.3 Å². The number of carbonyl (C=O) groups is 2. The van der Waals surface area contributed by atoms with Crippen molar-refractivity contribution in [3.8, 4) is 0 Å². The first-order chi connectivity index (χ1) is 10.6. The summed E-state index contributed by atoms with van der Waals surface area (Å²) in [6.07, 6.45) is 2.51. The highest BCUT2D eigenvalue weighted by molar-refractivity contribution is 7.80. The number of piperidine rings is 1. The number of nitrogens with zero attached hydrogens (tertiary/aromatic N) is 1. The second-order valence-electron chi connectivity index (χ2n) is 5.12. The molecular formula is C16H20N2O3S. The van der Waals surface area contributed by atoms with Crippen LogP contribution in [0.1, 0.15) is 23.2 Å². The van der Waals surface area contributed by atoms with Gasteiger partial charge in [-0.2, -0.15) is 0 Å². The summed E-state index contributed by atoms with van der Waals surface area (Å²) >= 11 is 4.32. The van der Waals surface area contributed by atoms with Crippen LogP contribution in [0.5, 0.6) is 0 Å². The Morgan fingerprint density at radius 3 is 2.68 bits per heavy atom. The first-order valence-corrected chi connectivity index (χ1v) is 7.68. The summed E-state index contributed by atoms with van der Waals surface area (Å²) in [5.74, 6) is -0.0155. The molecule has 0 aliphatic carbocycles. The molecule has 1 aromatic carbocycles. The maximum Gasteiger partial charge on any atom is 0.407 e. The second kappa shape index (κ2) is 7.89. The van der Waals surface area contributed by atoms with Gasteiger partial charge in [-0.25, -0.2) is 4.79 Å². The van der Waals surface area contributed by atoms with Crippen molar-refractivity contribution in [2.45, 2.75) is 23.8 Å². The minimum absolute atomic E-state index is 0.0155. The molecule has 0 aromatic heterocycles. The molecule has 0 saturated carbocycles. The molecule has 118 valence electrons. The molecule has 0 radical (unpaired) electrons. The number of nitrogens with one attached hydrogen (secondary N) is 1. The lowest BCUT2D eigenvalue weighted by molar-refractivity contribution is 0.0699. The fourth-order valence-corrected chi connectivity index (χ4v) is 2.65. The highest BCUT2D eigenvalue weighted by Gasteiger charge is 2.25. The molecular weight excluding hydrogens is 300 g/mol. The van der Waals surface area contributed by atoms with Gasteiger partial charge in [-0.1, -0.05) is 24.8 Å². The zero-order valence-electron chi connectivity index (χ0n) is 12.3. The summed E-state index contributed by atoms with van der Waals surface area (Å²) in [5, 5.41) is 2.80. The maximum atomic E-state index is 12.4. The summed E-state index contributed by atoms with van der Waals surface area (Å²) in [7, 11) is 0. The Balaban J connectivity index is 1.84. The highest BCUT2D eigenvalue weighted by atomic mass is 32.1. The number of likely N-dealkylation sites (tertiary alicyclic amines) is 1. The van der Waals surface area contributed by atoms with E-state index in [4.69, 9.17) is 4.74 Å². The molecule has 1 N–H and O–H groups in total. The van der Waals surface area contributed by atoms with E-state index >= 15 is 0 Å². The number of alkyl carbamates (subject to hydrolysis) is 1. The molecule has 1 aliphatic heterocycles. The molecule has 1 aliphatic rings. The average Bonchev–Trinajstić information content (AvgIpc) is 2.53. The van der Waals surface area contributed by atoms with Crippen LogP contribution >= 0.6 is 12.6 Å². The number of rotatable bonds is 4. The van der Waals surface area contributed by atoms with Crippen molar-refractivity contribution >= 4 is 24.6 Å². The van der Waals surface area contributed by atoms with Crippen molar-refractivity contribution in [1.29, 1.82) is 0 Å². The minimum Gasteiger partial charge on any atom is -0.445 e. The summed E-state index contributed by atoms with van der Waals surface area (Å²) in [6.45, 7) is 4.89. The molecule has 2 amide bonds. The molecule has 0 spiro atoms. The Labute approximate surface area is 135 Å².